The maximum Gasteiger partial charge on any atom is 0.255 e. The van der Waals surface area contributed by atoms with Crippen molar-refractivity contribution in [1.82, 2.24) is 0 Å². The number of carbonyl (C=O) groups is 1. The number of anilines is 2. The molecule has 1 aliphatic rings. The molecule has 0 aliphatic carbocycles. The molecular weight excluding hydrogens is 310 g/mol. The summed E-state index contributed by atoms with van der Waals surface area (Å²) >= 11 is 6.11. The fourth-order valence-corrected chi connectivity index (χ4v) is 2.86. The van der Waals surface area contributed by atoms with E-state index in [2.05, 4.69) is 10.2 Å². The van der Waals surface area contributed by atoms with Crippen molar-refractivity contribution in [2.75, 3.05) is 23.3 Å². The number of benzene rings is 1. The Morgan fingerprint density at radius 1 is 1.30 bits per heavy atom. The lowest BCUT2D eigenvalue weighted by Gasteiger charge is -2.30. The zero-order chi connectivity index (χ0) is 16.7. The number of nitrogens with one attached hydrogen (secondary N) is 2. The first-order valence-corrected chi connectivity index (χ1v) is 8.23. The number of amides is 1. The molecule has 23 heavy (non-hydrogen) atoms. The molecule has 1 aliphatic heterocycles. The smallest absolute Gasteiger partial charge is 0.255 e. The lowest BCUT2D eigenvalue weighted by atomic mass is 10.1. The van der Waals surface area contributed by atoms with E-state index in [4.69, 9.17) is 17.0 Å². The van der Waals surface area contributed by atoms with Crippen molar-refractivity contribution < 1.29 is 4.79 Å². The van der Waals surface area contributed by atoms with E-state index in [0.29, 0.717) is 16.3 Å². The Balaban J connectivity index is 2.27. The molecule has 1 heterocycles. The fraction of sp³-hybridized carbons (Fsp3) is 0.333. The van der Waals surface area contributed by atoms with Crippen molar-refractivity contribution in [3.63, 3.8) is 0 Å². The highest BCUT2D eigenvalue weighted by atomic mass is 35.5. The summed E-state index contributed by atoms with van der Waals surface area (Å²) in [5, 5.41) is 10.7. The highest BCUT2D eigenvalue weighted by Crippen LogP contribution is 2.31. The Bertz CT molecular complexity index is 631. The monoisotopic (exact) mass is 331 g/mol. The summed E-state index contributed by atoms with van der Waals surface area (Å²) in [5.74, 6) is -0.243. The molecule has 122 valence electrons. The minimum absolute atomic E-state index is 0.243. The van der Waals surface area contributed by atoms with Crippen LogP contribution in [0.2, 0.25) is 5.02 Å². The third kappa shape index (κ3) is 4.70. The van der Waals surface area contributed by atoms with Gasteiger partial charge >= 0.3 is 0 Å². The van der Waals surface area contributed by atoms with Crippen LogP contribution in [0.25, 0.3) is 0 Å². The van der Waals surface area contributed by atoms with Crippen molar-refractivity contribution in [2.24, 2.45) is 0 Å². The van der Waals surface area contributed by atoms with E-state index in [-0.39, 0.29) is 5.91 Å². The molecule has 0 radical (unpaired) electrons. The summed E-state index contributed by atoms with van der Waals surface area (Å²) in [5.41, 5.74) is 2.15. The summed E-state index contributed by atoms with van der Waals surface area (Å²) in [6, 6.07) is 5.58. The zero-order valence-corrected chi connectivity index (χ0v) is 14.1. The van der Waals surface area contributed by atoms with Crippen molar-refractivity contribution in [3.05, 3.63) is 47.0 Å². The molecule has 0 saturated carbocycles. The SMILES string of the molecule is C/C=C\C(=C/C=N)C(=O)Nc1cc(Cl)ccc1N1CCCCC1. The minimum atomic E-state index is -0.243. The number of allylic oxidation sites excluding steroid dienone is 2. The van der Waals surface area contributed by atoms with E-state index in [9.17, 15) is 4.79 Å². The van der Waals surface area contributed by atoms with E-state index in [1.165, 1.54) is 12.5 Å². The number of rotatable bonds is 5. The van der Waals surface area contributed by atoms with Crippen LogP contribution in [0.15, 0.2) is 42.0 Å². The molecule has 2 N–H and O–H groups in total. The van der Waals surface area contributed by atoms with Gasteiger partial charge in [0, 0.05) is 29.9 Å². The van der Waals surface area contributed by atoms with Gasteiger partial charge in [-0.1, -0.05) is 23.8 Å². The van der Waals surface area contributed by atoms with Crippen LogP contribution in [0.1, 0.15) is 26.2 Å². The van der Waals surface area contributed by atoms with Gasteiger partial charge < -0.3 is 15.6 Å². The fourth-order valence-electron chi connectivity index (χ4n) is 2.69. The molecule has 1 aromatic rings. The van der Waals surface area contributed by atoms with Crippen LogP contribution >= 0.6 is 11.6 Å². The van der Waals surface area contributed by atoms with E-state index in [0.717, 1.165) is 37.8 Å². The number of hydrogen-bond acceptors (Lipinski definition) is 3. The number of nitrogens with zero attached hydrogens (tertiary/aromatic N) is 1. The molecule has 5 heteroatoms. The van der Waals surface area contributed by atoms with Gasteiger partial charge in [-0.3, -0.25) is 4.79 Å². The standard InChI is InChI=1S/C18H22ClN3O/c1-2-6-14(9-10-20)18(23)21-16-13-15(19)7-8-17(16)22-11-4-3-5-12-22/h2,6-10,13,20H,3-5,11-12H2,1H3,(H,21,23)/b6-2-,14-9+,20-10?. The molecule has 0 spiro atoms. The molecular formula is C18H22ClN3O. The van der Waals surface area contributed by atoms with Gasteiger partial charge in [-0.2, -0.15) is 0 Å². The maximum absolute atomic E-state index is 12.4. The third-order valence-corrected chi connectivity index (χ3v) is 4.01. The molecule has 1 saturated heterocycles. The van der Waals surface area contributed by atoms with Gasteiger partial charge in [-0.15, -0.1) is 0 Å². The van der Waals surface area contributed by atoms with Crippen molar-refractivity contribution in [1.29, 1.82) is 5.41 Å². The second kappa shape index (κ2) is 8.53. The predicted molar refractivity (Wildman–Crippen MR) is 97.8 cm³/mol. The highest BCUT2D eigenvalue weighted by molar-refractivity contribution is 6.31. The molecule has 0 unspecified atom stereocenters. The van der Waals surface area contributed by atoms with E-state index in [1.807, 2.05) is 19.1 Å². The molecule has 2 rings (SSSR count). The summed E-state index contributed by atoms with van der Waals surface area (Å²) in [4.78, 5) is 14.7. The first-order valence-electron chi connectivity index (χ1n) is 7.85. The molecule has 0 atom stereocenters. The summed E-state index contributed by atoms with van der Waals surface area (Å²) in [7, 11) is 0. The van der Waals surface area contributed by atoms with Gasteiger partial charge in [-0.25, -0.2) is 0 Å². The highest BCUT2D eigenvalue weighted by Gasteiger charge is 2.17. The quantitative estimate of drug-likeness (QED) is 0.476. The average Bonchev–Trinajstić information content (AvgIpc) is 2.55. The number of piperidine rings is 1. The van der Waals surface area contributed by atoms with Crippen LogP contribution in [-0.2, 0) is 4.79 Å². The number of carbonyl (C=O) groups excluding carboxylic acids is 1. The van der Waals surface area contributed by atoms with Crippen LogP contribution < -0.4 is 10.2 Å². The lowest BCUT2D eigenvalue weighted by molar-refractivity contribution is -0.112. The van der Waals surface area contributed by atoms with Crippen molar-refractivity contribution >= 4 is 35.1 Å². The Morgan fingerprint density at radius 2 is 2.04 bits per heavy atom. The van der Waals surface area contributed by atoms with Gasteiger partial charge in [0.05, 0.1) is 11.4 Å². The summed E-state index contributed by atoms with van der Waals surface area (Å²) < 4.78 is 0. The van der Waals surface area contributed by atoms with Crippen molar-refractivity contribution in [2.45, 2.75) is 26.2 Å². The third-order valence-electron chi connectivity index (χ3n) is 3.77. The average molecular weight is 332 g/mol. The maximum atomic E-state index is 12.4. The van der Waals surface area contributed by atoms with Crippen LogP contribution in [0.5, 0.6) is 0 Å². The van der Waals surface area contributed by atoms with Gasteiger partial charge in [-0.05, 0) is 50.5 Å². The molecule has 0 aromatic heterocycles. The van der Waals surface area contributed by atoms with Gasteiger partial charge in [0.15, 0.2) is 0 Å². The molecule has 1 aromatic carbocycles. The second-order valence-corrected chi connectivity index (χ2v) is 5.89. The first-order chi connectivity index (χ1) is 11.2. The van der Waals surface area contributed by atoms with Gasteiger partial charge in [0.2, 0.25) is 0 Å². The zero-order valence-electron chi connectivity index (χ0n) is 13.3. The topological polar surface area (TPSA) is 56.2 Å². The number of hydrogen-bond donors (Lipinski definition) is 2. The van der Waals surface area contributed by atoms with Crippen molar-refractivity contribution in [3.8, 4) is 0 Å². The van der Waals surface area contributed by atoms with E-state index >= 15 is 0 Å². The molecule has 1 amide bonds. The molecule has 1 fully saturated rings. The Morgan fingerprint density at radius 3 is 2.70 bits per heavy atom. The largest absolute Gasteiger partial charge is 0.370 e. The number of halogens is 1. The second-order valence-electron chi connectivity index (χ2n) is 5.45. The van der Waals surface area contributed by atoms with Gasteiger partial charge in [0.1, 0.15) is 0 Å². The first kappa shape index (κ1) is 17.3. The summed E-state index contributed by atoms with van der Waals surface area (Å²) in [6.07, 6.45) is 9.61. The van der Waals surface area contributed by atoms with Crippen LogP contribution in [0, 0.1) is 5.41 Å². The Labute approximate surface area is 142 Å². The Kier molecular flexibility index (Phi) is 6.41. The predicted octanol–water partition coefficient (Wildman–Crippen LogP) is 4.42. The van der Waals surface area contributed by atoms with Gasteiger partial charge in [0.25, 0.3) is 5.91 Å². The van der Waals surface area contributed by atoms with Crippen LogP contribution in [0.3, 0.4) is 0 Å². The normalized spacial score (nSPS) is 15.7. The van der Waals surface area contributed by atoms with E-state index in [1.54, 1.807) is 18.2 Å². The summed E-state index contributed by atoms with van der Waals surface area (Å²) in [6.45, 7) is 3.81. The molecule has 0 bridgehead atoms. The molecule has 4 nitrogen and oxygen atoms in total. The minimum Gasteiger partial charge on any atom is -0.370 e. The van der Waals surface area contributed by atoms with Crippen LogP contribution in [0.4, 0.5) is 11.4 Å². The Hall–Kier alpha value is -2.07. The van der Waals surface area contributed by atoms with E-state index < -0.39 is 0 Å². The lowest BCUT2D eigenvalue weighted by Crippen LogP contribution is -2.30. The van der Waals surface area contributed by atoms with Crippen LogP contribution in [-0.4, -0.2) is 25.2 Å².